The standard InChI is InChI=1S/C13H13NOS/c15-13-11(12-8-6-10-16-12)7-4-2-1-3-5-9-14-13/h1-3,5-8,10H,4,9H2,(H,14,15)/b2-1-,5-3-,11-7-. The van der Waals surface area contributed by atoms with Crippen molar-refractivity contribution in [1.82, 2.24) is 5.32 Å². The SMILES string of the molecule is O=C1NC/C=C\C=C/C/C=C\1c1cccs1. The fourth-order valence-electron chi connectivity index (χ4n) is 1.47. The summed E-state index contributed by atoms with van der Waals surface area (Å²) in [6.07, 6.45) is 10.7. The van der Waals surface area contributed by atoms with E-state index in [0.29, 0.717) is 6.54 Å². The Kier molecular flexibility index (Phi) is 3.72. The van der Waals surface area contributed by atoms with E-state index in [0.717, 1.165) is 16.9 Å². The lowest BCUT2D eigenvalue weighted by molar-refractivity contribution is -0.115. The summed E-state index contributed by atoms with van der Waals surface area (Å²) < 4.78 is 0. The van der Waals surface area contributed by atoms with Crippen LogP contribution in [-0.4, -0.2) is 12.5 Å². The molecule has 0 spiro atoms. The largest absolute Gasteiger partial charge is 0.349 e. The van der Waals surface area contributed by atoms with Gasteiger partial charge >= 0.3 is 0 Å². The molecule has 2 nitrogen and oxygen atoms in total. The van der Waals surface area contributed by atoms with Gasteiger partial charge in [-0.25, -0.2) is 0 Å². The molecule has 16 heavy (non-hydrogen) atoms. The van der Waals surface area contributed by atoms with Gasteiger partial charge in [0, 0.05) is 11.4 Å². The van der Waals surface area contributed by atoms with Crippen LogP contribution in [-0.2, 0) is 4.79 Å². The predicted octanol–water partition coefficient (Wildman–Crippen LogP) is 2.76. The molecule has 0 saturated heterocycles. The van der Waals surface area contributed by atoms with Gasteiger partial charge in [-0.3, -0.25) is 4.79 Å². The number of hydrogen-bond donors (Lipinski definition) is 1. The van der Waals surface area contributed by atoms with Gasteiger partial charge in [-0.1, -0.05) is 36.4 Å². The van der Waals surface area contributed by atoms with E-state index in [1.807, 2.05) is 47.9 Å². The van der Waals surface area contributed by atoms with E-state index in [9.17, 15) is 4.79 Å². The number of carbonyl (C=O) groups is 1. The molecule has 0 fully saturated rings. The third kappa shape index (κ3) is 2.70. The van der Waals surface area contributed by atoms with Crippen LogP contribution in [0, 0.1) is 0 Å². The highest BCUT2D eigenvalue weighted by Crippen LogP contribution is 2.21. The Hall–Kier alpha value is -1.61. The average Bonchev–Trinajstić information content (AvgIpc) is 2.80. The fourth-order valence-corrected chi connectivity index (χ4v) is 2.24. The first kappa shape index (κ1) is 10.9. The molecule has 2 rings (SSSR count). The van der Waals surface area contributed by atoms with Crippen molar-refractivity contribution in [2.24, 2.45) is 0 Å². The Morgan fingerprint density at radius 1 is 1.25 bits per heavy atom. The monoisotopic (exact) mass is 231 g/mol. The summed E-state index contributed by atoms with van der Waals surface area (Å²) in [5, 5.41) is 4.85. The van der Waals surface area contributed by atoms with Crippen LogP contribution in [0.25, 0.3) is 5.57 Å². The molecular weight excluding hydrogens is 218 g/mol. The van der Waals surface area contributed by atoms with Crippen LogP contribution in [0.4, 0.5) is 0 Å². The molecule has 82 valence electrons. The molecule has 0 atom stereocenters. The predicted molar refractivity (Wildman–Crippen MR) is 68.2 cm³/mol. The van der Waals surface area contributed by atoms with Crippen LogP contribution in [0.5, 0.6) is 0 Å². The number of hydrogen-bond acceptors (Lipinski definition) is 2. The van der Waals surface area contributed by atoms with Crippen LogP contribution >= 0.6 is 11.3 Å². The molecular formula is C13H13NOS. The molecule has 1 amide bonds. The van der Waals surface area contributed by atoms with Gasteiger partial charge in [0.2, 0.25) is 0 Å². The molecule has 0 aromatic carbocycles. The van der Waals surface area contributed by atoms with Crippen molar-refractivity contribution in [1.29, 1.82) is 0 Å². The minimum absolute atomic E-state index is 0.00222. The summed E-state index contributed by atoms with van der Waals surface area (Å²) in [4.78, 5) is 12.9. The third-order valence-corrected chi connectivity index (χ3v) is 3.16. The maximum Gasteiger partial charge on any atom is 0.252 e. The maximum absolute atomic E-state index is 11.9. The second-order valence-corrected chi connectivity index (χ2v) is 4.34. The zero-order valence-electron chi connectivity index (χ0n) is 8.85. The summed E-state index contributed by atoms with van der Waals surface area (Å²) in [5.41, 5.74) is 0.773. The molecule has 0 bridgehead atoms. The van der Waals surface area contributed by atoms with Crippen molar-refractivity contribution in [3.8, 4) is 0 Å². The van der Waals surface area contributed by atoms with Crippen LogP contribution in [0.1, 0.15) is 11.3 Å². The minimum atomic E-state index is 0.00222. The van der Waals surface area contributed by atoms with Crippen molar-refractivity contribution in [2.45, 2.75) is 6.42 Å². The van der Waals surface area contributed by atoms with Gasteiger partial charge in [0.05, 0.1) is 5.57 Å². The van der Waals surface area contributed by atoms with Gasteiger partial charge in [0.25, 0.3) is 5.91 Å². The minimum Gasteiger partial charge on any atom is -0.349 e. The molecule has 2 heterocycles. The lowest BCUT2D eigenvalue weighted by atomic mass is 10.1. The van der Waals surface area contributed by atoms with Gasteiger partial charge in [-0.05, 0) is 17.9 Å². The number of rotatable bonds is 1. The first-order valence-electron chi connectivity index (χ1n) is 5.22. The van der Waals surface area contributed by atoms with Crippen molar-refractivity contribution < 1.29 is 4.79 Å². The molecule has 1 aliphatic rings. The third-order valence-electron chi connectivity index (χ3n) is 2.25. The van der Waals surface area contributed by atoms with Crippen molar-refractivity contribution in [3.63, 3.8) is 0 Å². The van der Waals surface area contributed by atoms with Crippen molar-refractivity contribution in [3.05, 3.63) is 52.8 Å². The normalized spacial score (nSPS) is 24.0. The van der Waals surface area contributed by atoms with Gasteiger partial charge in [-0.15, -0.1) is 11.3 Å². The number of thiophene rings is 1. The van der Waals surface area contributed by atoms with Crippen molar-refractivity contribution >= 4 is 22.8 Å². The Bertz CT molecular complexity index is 441. The van der Waals surface area contributed by atoms with Crippen LogP contribution in [0.2, 0.25) is 0 Å². The second kappa shape index (κ2) is 5.47. The highest BCUT2D eigenvalue weighted by molar-refractivity contribution is 7.11. The summed E-state index contributed by atoms with van der Waals surface area (Å²) in [6.45, 7) is 0.575. The van der Waals surface area contributed by atoms with Gasteiger partial charge in [0.15, 0.2) is 0 Å². The number of nitrogens with one attached hydrogen (secondary N) is 1. The Morgan fingerprint density at radius 2 is 2.12 bits per heavy atom. The van der Waals surface area contributed by atoms with E-state index < -0.39 is 0 Å². The van der Waals surface area contributed by atoms with E-state index in [1.54, 1.807) is 11.3 Å². The zero-order chi connectivity index (χ0) is 11.2. The average molecular weight is 231 g/mol. The molecule has 1 N–H and O–H groups in total. The molecule has 1 aromatic rings. The van der Waals surface area contributed by atoms with Crippen LogP contribution in [0.15, 0.2) is 47.9 Å². The molecule has 0 unspecified atom stereocenters. The van der Waals surface area contributed by atoms with E-state index in [4.69, 9.17) is 0 Å². The molecule has 3 heteroatoms. The highest BCUT2D eigenvalue weighted by atomic mass is 32.1. The van der Waals surface area contributed by atoms with Gasteiger partial charge in [0.1, 0.15) is 0 Å². The molecule has 1 aliphatic heterocycles. The lowest BCUT2D eigenvalue weighted by Gasteiger charge is -2.06. The van der Waals surface area contributed by atoms with Gasteiger partial charge < -0.3 is 5.32 Å². The Labute approximate surface area is 99.0 Å². The van der Waals surface area contributed by atoms with E-state index in [-0.39, 0.29) is 5.91 Å². The van der Waals surface area contributed by atoms with Gasteiger partial charge in [-0.2, -0.15) is 0 Å². The quantitative estimate of drug-likeness (QED) is 0.791. The first-order chi connectivity index (χ1) is 7.88. The Balaban J connectivity index is 2.26. The summed E-state index contributed by atoms with van der Waals surface area (Å²) in [5.74, 6) is 0.00222. The summed E-state index contributed by atoms with van der Waals surface area (Å²) in [7, 11) is 0. The molecule has 0 radical (unpaired) electrons. The highest BCUT2D eigenvalue weighted by Gasteiger charge is 2.11. The van der Waals surface area contributed by atoms with Crippen LogP contribution < -0.4 is 5.32 Å². The first-order valence-corrected chi connectivity index (χ1v) is 6.10. The van der Waals surface area contributed by atoms with E-state index in [2.05, 4.69) is 5.32 Å². The lowest BCUT2D eigenvalue weighted by Crippen LogP contribution is -2.24. The maximum atomic E-state index is 11.9. The molecule has 0 saturated carbocycles. The number of carbonyl (C=O) groups excluding carboxylic acids is 1. The van der Waals surface area contributed by atoms with E-state index >= 15 is 0 Å². The number of amides is 1. The molecule has 0 aliphatic carbocycles. The molecule has 1 aromatic heterocycles. The summed E-state index contributed by atoms with van der Waals surface area (Å²) in [6, 6.07) is 3.93. The van der Waals surface area contributed by atoms with Crippen LogP contribution in [0.3, 0.4) is 0 Å². The zero-order valence-corrected chi connectivity index (χ0v) is 9.67. The second-order valence-electron chi connectivity index (χ2n) is 3.40. The number of allylic oxidation sites excluding steroid dienone is 4. The topological polar surface area (TPSA) is 29.1 Å². The Morgan fingerprint density at radius 3 is 2.94 bits per heavy atom. The summed E-state index contributed by atoms with van der Waals surface area (Å²) >= 11 is 1.59. The fraction of sp³-hybridized carbons (Fsp3) is 0.154. The smallest absolute Gasteiger partial charge is 0.252 e. The van der Waals surface area contributed by atoms with E-state index in [1.165, 1.54) is 0 Å². The van der Waals surface area contributed by atoms with Crippen molar-refractivity contribution in [2.75, 3.05) is 6.54 Å².